The van der Waals surface area contributed by atoms with Crippen LogP contribution in [0.3, 0.4) is 0 Å². The van der Waals surface area contributed by atoms with Gasteiger partial charge in [0.15, 0.2) is 0 Å². The van der Waals surface area contributed by atoms with Crippen LogP contribution in [0.5, 0.6) is 0 Å². The molecular weight excluding hydrogens is 206 g/mol. The van der Waals surface area contributed by atoms with E-state index in [9.17, 15) is 0 Å². The molecule has 2 atom stereocenters. The van der Waals surface area contributed by atoms with Crippen molar-refractivity contribution in [2.45, 2.75) is 37.8 Å². The zero-order valence-corrected chi connectivity index (χ0v) is 10.5. The van der Waals surface area contributed by atoms with Gasteiger partial charge in [0, 0.05) is 26.4 Å². The molecule has 0 aromatic rings. The van der Waals surface area contributed by atoms with E-state index in [0.29, 0.717) is 25.4 Å². The lowest BCUT2D eigenvalue weighted by molar-refractivity contribution is 0.00360. The third-order valence-electron chi connectivity index (χ3n) is 3.01. The number of hydrogen-bond donors (Lipinski definition) is 1. The van der Waals surface area contributed by atoms with E-state index in [1.807, 2.05) is 7.05 Å². The van der Waals surface area contributed by atoms with Crippen molar-refractivity contribution in [3.05, 3.63) is 0 Å². The Morgan fingerprint density at radius 3 is 2.69 bits per heavy atom. The van der Waals surface area contributed by atoms with Gasteiger partial charge < -0.3 is 19.5 Å². The van der Waals surface area contributed by atoms with Crippen LogP contribution in [0.1, 0.15) is 25.7 Å². The molecule has 16 heavy (non-hydrogen) atoms. The molecule has 4 heteroatoms. The van der Waals surface area contributed by atoms with Crippen molar-refractivity contribution in [2.75, 3.05) is 40.6 Å². The Balaban J connectivity index is 1.84. The summed E-state index contributed by atoms with van der Waals surface area (Å²) in [4.78, 5) is 0. The van der Waals surface area contributed by atoms with Crippen molar-refractivity contribution < 1.29 is 14.2 Å². The highest BCUT2D eigenvalue weighted by Crippen LogP contribution is 2.21. The van der Waals surface area contributed by atoms with Gasteiger partial charge in [0.2, 0.25) is 0 Å². The fourth-order valence-corrected chi connectivity index (χ4v) is 2.03. The van der Waals surface area contributed by atoms with Gasteiger partial charge in [-0.25, -0.2) is 0 Å². The molecule has 1 fully saturated rings. The normalized spacial score (nSPS) is 25.1. The van der Waals surface area contributed by atoms with E-state index in [1.54, 1.807) is 7.11 Å². The van der Waals surface area contributed by atoms with Crippen LogP contribution < -0.4 is 5.32 Å². The number of rotatable bonds is 9. The number of nitrogens with one attached hydrogen (secondary N) is 1. The minimum absolute atomic E-state index is 0.431. The van der Waals surface area contributed by atoms with Gasteiger partial charge in [0.1, 0.15) is 0 Å². The van der Waals surface area contributed by atoms with E-state index in [2.05, 4.69) is 5.32 Å². The maximum Gasteiger partial charge on any atom is 0.0704 e. The Morgan fingerprint density at radius 1 is 1.12 bits per heavy atom. The second-order valence-electron chi connectivity index (χ2n) is 4.25. The van der Waals surface area contributed by atoms with Crippen LogP contribution in [0.2, 0.25) is 0 Å². The van der Waals surface area contributed by atoms with Crippen molar-refractivity contribution in [1.29, 1.82) is 0 Å². The zero-order chi connectivity index (χ0) is 11.6. The average Bonchev–Trinajstić information content (AvgIpc) is 2.76. The van der Waals surface area contributed by atoms with Crippen LogP contribution in [0.15, 0.2) is 0 Å². The molecule has 1 aliphatic carbocycles. The molecule has 96 valence electrons. The van der Waals surface area contributed by atoms with Crippen LogP contribution in [0, 0.1) is 0 Å². The molecule has 0 aliphatic heterocycles. The molecule has 1 rings (SSSR count). The minimum atomic E-state index is 0.431. The average molecular weight is 231 g/mol. The third-order valence-corrected chi connectivity index (χ3v) is 3.01. The van der Waals surface area contributed by atoms with E-state index in [-0.39, 0.29) is 0 Å². The maximum atomic E-state index is 5.75. The summed E-state index contributed by atoms with van der Waals surface area (Å²) in [6, 6.07) is 0.646. The molecule has 2 unspecified atom stereocenters. The van der Waals surface area contributed by atoms with Crippen molar-refractivity contribution in [1.82, 2.24) is 5.32 Å². The minimum Gasteiger partial charge on any atom is -0.385 e. The predicted octanol–water partition coefficient (Wildman–Crippen LogP) is 1.20. The van der Waals surface area contributed by atoms with Gasteiger partial charge in [0.05, 0.1) is 19.3 Å². The Morgan fingerprint density at radius 2 is 2.00 bits per heavy atom. The molecule has 1 aliphatic rings. The smallest absolute Gasteiger partial charge is 0.0704 e. The summed E-state index contributed by atoms with van der Waals surface area (Å²) in [6.45, 7) is 2.95. The Hall–Kier alpha value is -0.160. The van der Waals surface area contributed by atoms with E-state index < -0.39 is 0 Å². The summed E-state index contributed by atoms with van der Waals surface area (Å²) in [5.74, 6) is 0. The highest BCUT2D eigenvalue weighted by atomic mass is 16.5. The van der Waals surface area contributed by atoms with Crippen LogP contribution in [0.25, 0.3) is 0 Å². The largest absolute Gasteiger partial charge is 0.385 e. The van der Waals surface area contributed by atoms with E-state index in [4.69, 9.17) is 14.2 Å². The lowest BCUT2D eigenvalue weighted by Gasteiger charge is -2.12. The summed E-state index contributed by atoms with van der Waals surface area (Å²) in [7, 11) is 3.73. The van der Waals surface area contributed by atoms with Crippen LogP contribution in [0.4, 0.5) is 0 Å². The molecule has 0 bridgehead atoms. The zero-order valence-electron chi connectivity index (χ0n) is 10.5. The molecule has 0 radical (unpaired) electrons. The summed E-state index contributed by atoms with van der Waals surface area (Å²) in [5.41, 5.74) is 0. The maximum absolute atomic E-state index is 5.75. The number of ether oxygens (including phenoxy) is 3. The third kappa shape index (κ3) is 5.80. The highest BCUT2D eigenvalue weighted by Gasteiger charge is 2.23. The molecule has 0 aromatic heterocycles. The van der Waals surface area contributed by atoms with E-state index in [1.165, 1.54) is 12.8 Å². The van der Waals surface area contributed by atoms with Gasteiger partial charge >= 0.3 is 0 Å². The van der Waals surface area contributed by atoms with E-state index >= 15 is 0 Å². The lowest BCUT2D eigenvalue weighted by Crippen LogP contribution is -2.23. The van der Waals surface area contributed by atoms with Crippen molar-refractivity contribution >= 4 is 0 Å². The molecule has 0 saturated heterocycles. The number of methoxy groups -OCH3 is 1. The quantitative estimate of drug-likeness (QED) is 0.605. The Bertz CT molecular complexity index is 166. The molecule has 0 amide bonds. The van der Waals surface area contributed by atoms with Crippen molar-refractivity contribution in [2.24, 2.45) is 0 Å². The van der Waals surface area contributed by atoms with Gasteiger partial charge in [-0.3, -0.25) is 0 Å². The predicted molar refractivity (Wildman–Crippen MR) is 63.8 cm³/mol. The van der Waals surface area contributed by atoms with Gasteiger partial charge in [-0.1, -0.05) is 0 Å². The second-order valence-corrected chi connectivity index (χ2v) is 4.25. The first-order valence-corrected chi connectivity index (χ1v) is 6.22. The molecule has 0 heterocycles. The molecule has 0 aromatic carbocycles. The second kappa shape index (κ2) is 8.93. The van der Waals surface area contributed by atoms with Crippen molar-refractivity contribution in [3.8, 4) is 0 Å². The Kier molecular flexibility index (Phi) is 7.76. The first-order valence-electron chi connectivity index (χ1n) is 6.22. The molecular formula is C12H25NO3. The number of hydrogen-bond acceptors (Lipinski definition) is 4. The molecule has 1 saturated carbocycles. The monoisotopic (exact) mass is 231 g/mol. The van der Waals surface area contributed by atoms with Gasteiger partial charge in [-0.05, 0) is 32.7 Å². The van der Waals surface area contributed by atoms with Crippen molar-refractivity contribution in [3.63, 3.8) is 0 Å². The summed E-state index contributed by atoms with van der Waals surface area (Å²) < 4.78 is 16.1. The highest BCUT2D eigenvalue weighted by molar-refractivity contribution is 4.79. The Labute approximate surface area is 98.6 Å². The summed E-state index contributed by atoms with van der Waals surface area (Å²) >= 11 is 0. The standard InChI is InChI=1S/C12H25NO3/c1-13-11-4-5-12(10-11)16-9-8-15-7-3-6-14-2/h11-13H,3-10H2,1-2H3. The molecule has 0 spiro atoms. The van der Waals surface area contributed by atoms with Gasteiger partial charge in [-0.2, -0.15) is 0 Å². The van der Waals surface area contributed by atoms with Crippen LogP contribution in [-0.2, 0) is 14.2 Å². The fraction of sp³-hybridized carbons (Fsp3) is 1.00. The first-order chi connectivity index (χ1) is 7.86. The fourth-order valence-electron chi connectivity index (χ4n) is 2.03. The first kappa shape index (κ1) is 13.9. The summed E-state index contributed by atoms with van der Waals surface area (Å²) in [6.07, 6.45) is 4.94. The molecule has 1 N–H and O–H groups in total. The van der Waals surface area contributed by atoms with Gasteiger partial charge in [0.25, 0.3) is 0 Å². The van der Waals surface area contributed by atoms with Crippen LogP contribution in [-0.4, -0.2) is 52.7 Å². The summed E-state index contributed by atoms with van der Waals surface area (Å²) in [5, 5.41) is 3.29. The molecule has 4 nitrogen and oxygen atoms in total. The van der Waals surface area contributed by atoms with Gasteiger partial charge in [-0.15, -0.1) is 0 Å². The SMILES string of the molecule is CNC1CCC(OCCOCCCOC)C1. The van der Waals surface area contributed by atoms with E-state index in [0.717, 1.165) is 26.1 Å². The topological polar surface area (TPSA) is 39.7 Å². The van der Waals surface area contributed by atoms with Crippen LogP contribution >= 0.6 is 0 Å². The lowest BCUT2D eigenvalue weighted by atomic mass is 10.2.